The molecule has 0 aromatic heterocycles. The third-order valence-electron chi connectivity index (χ3n) is 4.69. The zero-order valence-corrected chi connectivity index (χ0v) is 15.3. The molecule has 2 atom stereocenters. The van der Waals surface area contributed by atoms with Crippen LogP contribution >= 0.6 is 15.9 Å². The first kappa shape index (κ1) is 15.3. The maximum absolute atomic E-state index is 6.32. The van der Waals surface area contributed by atoms with Crippen molar-refractivity contribution < 1.29 is 4.43 Å². The lowest BCUT2D eigenvalue weighted by Crippen LogP contribution is -2.41. The second kappa shape index (κ2) is 5.34. The predicted octanol–water partition coefficient (Wildman–Crippen LogP) is 5.57. The van der Waals surface area contributed by atoms with E-state index in [1.165, 1.54) is 12.0 Å². The fourth-order valence-corrected chi connectivity index (χ4v) is 3.41. The predicted molar refractivity (Wildman–Crippen MR) is 88.1 cm³/mol. The van der Waals surface area contributed by atoms with Crippen LogP contribution in [0.1, 0.15) is 38.7 Å². The monoisotopic (exact) mass is 340 g/mol. The second-order valence-electron chi connectivity index (χ2n) is 7.23. The van der Waals surface area contributed by atoms with E-state index in [4.69, 9.17) is 4.43 Å². The third-order valence-corrected chi connectivity index (χ3v) is 9.71. The smallest absolute Gasteiger partial charge is 0.191 e. The highest BCUT2D eigenvalue weighted by Gasteiger charge is 2.42. The Morgan fingerprint density at radius 1 is 1.21 bits per heavy atom. The third kappa shape index (κ3) is 3.70. The van der Waals surface area contributed by atoms with Crippen molar-refractivity contribution in [2.45, 2.75) is 51.2 Å². The van der Waals surface area contributed by atoms with Gasteiger partial charge in [0, 0.05) is 11.1 Å². The molecule has 3 heteroatoms. The van der Waals surface area contributed by atoms with E-state index < -0.39 is 8.32 Å². The molecule has 0 spiro atoms. The number of hydrogen-bond acceptors (Lipinski definition) is 1. The molecular weight excluding hydrogens is 316 g/mol. The molecule has 1 aliphatic carbocycles. The van der Waals surface area contributed by atoms with Crippen LogP contribution in [-0.4, -0.2) is 14.9 Å². The van der Waals surface area contributed by atoms with Crippen LogP contribution in [0, 0.1) is 5.92 Å². The zero-order valence-electron chi connectivity index (χ0n) is 12.7. The summed E-state index contributed by atoms with van der Waals surface area (Å²) in [6, 6.07) is 8.75. The molecular formula is C16H25BrOSi. The molecule has 0 heterocycles. The summed E-state index contributed by atoms with van der Waals surface area (Å²) in [5.41, 5.74) is 1.46. The summed E-state index contributed by atoms with van der Waals surface area (Å²) in [4.78, 5) is 0. The molecule has 1 nitrogen and oxygen atoms in total. The fourth-order valence-electron chi connectivity index (χ4n) is 2.08. The molecule has 0 radical (unpaired) electrons. The summed E-state index contributed by atoms with van der Waals surface area (Å²) in [6.45, 7) is 12.5. The maximum Gasteiger partial charge on any atom is 0.191 e. The number of benzene rings is 1. The van der Waals surface area contributed by atoms with Crippen LogP contribution < -0.4 is 0 Å². The average molecular weight is 341 g/mol. The van der Waals surface area contributed by atoms with Crippen molar-refractivity contribution in [3.8, 4) is 0 Å². The van der Waals surface area contributed by atoms with Crippen molar-refractivity contribution in [3.63, 3.8) is 0 Å². The SMILES string of the molecule is CC(C)(C)[Si](C)(C)OC[C@H]1C[C@@H]1c1ccc(Br)cc1. The van der Waals surface area contributed by atoms with Gasteiger partial charge in [-0.3, -0.25) is 0 Å². The average Bonchev–Trinajstić information content (AvgIpc) is 3.05. The Kier molecular flexibility index (Phi) is 4.29. The summed E-state index contributed by atoms with van der Waals surface area (Å²) in [6.07, 6.45) is 1.29. The van der Waals surface area contributed by atoms with Gasteiger partial charge in [0.2, 0.25) is 0 Å². The molecule has 1 aromatic carbocycles. The van der Waals surface area contributed by atoms with Crippen LogP contribution in [0.4, 0.5) is 0 Å². The van der Waals surface area contributed by atoms with E-state index in [9.17, 15) is 0 Å². The molecule has 2 rings (SSSR count). The molecule has 0 N–H and O–H groups in total. The van der Waals surface area contributed by atoms with E-state index in [0.29, 0.717) is 5.04 Å². The standard InChI is InChI=1S/C16H25BrOSi/c1-16(2,3)19(4,5)18-11-13-10-15(13)12-6-8-14(17)9-7-12/h6-9,13,15H,10-11H2,1-5H3/t13-,15-/m1/s1. The minimum Gasteiger partial charge on any atom is -0.417 e. The second-order valence-corrected chi connectivity index (χ2v) is 13.0. The molecule has 0 unspecified atom stereocenters. The van der Waals surface area contributed by atoms with Crippen LogP contribution in [0.3, 0.4) is 0 Å². The Hall–Kier alpha value is -0.123. The van der Waals surface area contributed by atoms with Gasteiger partial charge in [0.15, 0.2) is 8.32 Å². The Bertz CT molecular complexity index is 433. The lowest BCUT2D eigenvalue weighted by atomic mass is 10.1. The first-order valence-electron chi connectivity index (χ1n) is 7.10. The molecule has 0 saturated heterocycles. The number of rotatable bonds is 4. The van der Waals surface area contributed by atoms with Crippen LogP contribution in [0.15, 0.2) is 28.7 Å². The Morgan fingerprint density at radius 3 is 2.32 bits per heavy atom. The summed E-state index contributed by atoms with van der Waals surface area (Å²) in [7, 11) is -1.57. The zero-order chi connectivity index (χ0) is 14.3. The summed E-state index contributed by atoms with van der Waals surface area (Å²) in [5, 5.41) is 0.314. The fraction of sp³-hybridized carbons (Fsp3) is 0.625. The largest absolute Gasteiger partial charge is 0.417 e. The topological polar surface area (TPSA) is 9.23 Å². The van der Waals surface area contributed by atoms with Crippen LogP contribution in [-0.2, 0) is 4.43 Å². The van der Waals surface area contributed by atoms with Crippen molar-refractivity contribution in [1.82, 2.24) is 0 Å². The first-order chi connectivity index (χ1) is 8.71. The molecule has 0 amide bonds. The van der Waals surface area contributed by atoms with Gasteiger partial charge in [0.1, 0.15) is 0 Å². The van der Waals surface area contributed by atoms with Crippen molar-refractivity contribution in [2.24, 2.45) is 5.92 Å². The van der Waals surface area contributed by atoms with Gasteiger partial charge in [-0.05, 0) is 54.1 Å². The number of hydrogen-bond donors (Lipinski definition) is 0. The normalized spacial score (nSPS) is 23.5. The summed E-state index contributed by atoms with van der Waals surface area (Å²) in [5.74, 6) is 1.45. The molecule has 0 bridgehead atoms. The van der Waals surface area contributed by atoms with Gasteiger partial charge in [-0.2, -0.15) is 0 Å². The first-order valence-corrected chi connectivity index (χ1v) is 10.8. The van der Waals surface area contributed by atoms with E-state index in [1.807, 2.05) is 0 Å². The molecule has 106 valence electrons. The van der Waals surface area contributed by atoms with Crippen LogP contribution in [0.5, 0.6) is 0 Å². The molecule has 1 saturated carbocycles. The summed E-state index contributed by atoms with van der Waals surface area (Å²) >= 11 is 3.49. The van der Waals surface area contributed by atoms with Gasteiger partial charge < -0.3 is 4.43 Å². The van der Waals surface area contributed by atoms with Crippen LogP contribution in [0.2, 0.25) is 18.1 Å². The Labute approximate surface area is 127 Å². The minimum atomic E-state index is -1.57. The molecule has 1 aliphatic rings. The van der Waals surface area contributed by atoms with Gasteiger partial charge in [0.25, 0.3) is 0 Å². The van der Waals surface area contributed by atoms with Gasteiger partial charge in [-0.1, -0.05) is 48.8 Å². The van der Waals surface area contributed by atoms with Crippen molar-refractivity contribution in [3.05, 3.63) is 34.3 Å². The van der Waals surface area contributed by atoms with Gasteiger partial charge >= 0.3 is 0 Å². The van der Waals surface area contributed by atoms with Crippen molar-refractivity contribution in [1.29, 1.82) is 0 Å². The summed E-state index contributed by atoms with van der Waals surface area (Å²) < 4.78 is 7.48. The van der Waals surface area contributed by atoms with Crippen LogP contribution in [0.25, 0.3) is 0 Å². The molecule has 0 aliphatic heterocycles. The molecule has 19 heavy (non-hydrogen) atoms. The van der Waals surface area contributed by atoms with Gasteiger partial charge in [-0.15, -0.1) is 0 Å². The van der Waals surface area contributed by atoms with E-state index in [0.717, 1.165) is 22.9 Å². The van der Waals surface area contributed by atoms with E-state index >= 15 is 0 Å². The van der Waals surface area contributed by atoms with Gasteiger partial charge in [-0.25, -0.2) is 0 Å². The van der Waals surface area contributed by atoms with E-state index in [2.05, 4.69) is 74.1 Å². The quantitative estimate of drug-likeness (QED) is 0.650. The lowest BCUT2D eigenvalue weighted by Gasteiger charge is -2.36. The van der Waals surface area contributed by atoms with Crippen molar-refractivity contribution in [2.75, 3.05) is 6.61 Å². The maximum atomic E-state index is 6.32. The van der Waals surface area contributed by atoms with Gasteiger partial charge in [0.05, 0.1) is 0 Å². The van der Waals surface area contributed by atoms with E-state index in [-0.39, 0.29) is 0 Å². The Morgan fingerprint density at radius 2 is 1.79 bits per heavy atom. The molecule has 1 fully saturated rings. The highest BCUT2D eigenvalue weighted by Crippen LogP contribution is 2.49. The Balaban J connectivity index is 1.86. The highest BCUT2D eigenvalue weighted by atomic mass is 79.9. The molecule has 1 aromatic rings. The number of halogens is 1. The van der Waals surface area contributed by atoms with Crippen molar-refractivity contribution >= 4 is 24.2 Å². The lowest BCUT2D eigenvalue weighted by molar-refractivity contribution is 0.270. The van der Waals surface area contributed by atoms with E-state index in [1.54, 1.807) is 0 Å². The highest BCUT2D eigenvalue weighted by molar-refractivity contribution is 9.10. The minimum absolute atomic E-state index is 0.314.